The molecule has 0 amide bonds. The lowest BCUT2D eigenvalue weighted by Gasteiger charge is -2.27. The highest BCUT2D eigenvalue weighted by atomic mass is 16.3. The third-order valence-electron chi connectivity index (χ3n) is 11.5. The summed E-state index contributed by atoms with van der Waals surface area (Å²) in [6, 6.07) is 54.7. The Labute approximate surface area is 364 Å². The Morgan fingerprint density at radius 1 is 0.426 bits per heavy atom. The van der Waals surface area contributed by atoms with Crippen molar-refractivity contribution in [3.05, 3.63) is 230 Å². The number of hydrogen-bond donors (Lipinski definition) is 0. The predicted molar refractivity (Wildman–Crippen MR) is 257 cm³/mol. The van der Waals surface area contributed by atoms with Gasteiger partial charge in [0.15, 0.2) is 0 Å². The van der Waals surface area contributed by atoms with E-state index >= 15 is 0 Å². The molecule has 0 spiro atoms. The van der Waals surface area contributed by atoms with Crippen molar-refractivity contribution in [1.82, 2.24) is 4.57 Å². The summed E-state index contributed by atoms with van der Waals surface area (Å²) < 4.78 is 86.7. The molecule has 3 heteroatoms. The van der Waals surface area contributed by atoms with Crippen molar-refractivity contribution in [2.24, 2.45) is 0 Å². The van der Waals surface area contributed by atoms with Crippen molar-refractivity contribution >= 4 is 71.6 Å². The first-order valence-corrected chi connectivity index (χ1v) is 20.2. The third kappa shape index (κ3) is 5.82. The molecule has 0 fully saturated rings. The van der Waals surface area contributed by atoms with Gasteiger partial charge in [-0.05, 0) is 105 Å². The van der Waals surface area contributed by atoms with E-state index in [1.54, 1.807) is 24.3 Å². The molecule has 0 atom stereocenters. The molecule has 2 aromatic heterocycles. The monoisotopic (exact) mass is 786 g/mol. The fraction of sp³-hybridized carbons (Fsp3) is 0. The molecule has 0 radical (unpaired) electrons. The molecule has 0 saturated heterocycles. The standard InChI is InChI=1S/C58H38N2O/c1-3-14-39(15-4-1)40-28-30-41(31-29-40)42-32-35-46(36-33-42)59(54-26-13-27-55-57(54)51-37-34-43-16-7-8-21-49(43)58(51)61-55)47-20-11-17-44(38-47)48-23-12-25-53-56(48)50-22-9-10-24-52(50)60(53)45-18-5-2-6-19-45/h1-38H/i11D,17D,20D,32D,33D,35D,36D,38D. The molecular formula is C58H38N2O. The van der Waals surface area contributed by atoms with Crippen LogP contribution in [0.2, 0.25) is 0 Å². The third-order valence-corrected chi connectivity index (χ3v) is 11.5. The SMILES string of the molecule is [2H]c1c([2H])c(-c2cccc3c2c2ccccc2n3-c2ccccc2)c([2H])c(N(c2c([2H])c([2H])c(-c3ccc(-c4ccccc4)cc3)c([2H])c2[2H])c2cccc3oc4c5ccccc5ccc4c23)c1[2H]. The maximum Gasteiger partial charge on any atom is 0.143 e. The summed E-state index contributed by atoms with van der Waals surface area (Å²) in [6.45, 7) is 0. The average Bonchev–Trinajstić information content (AvgIpc) is 3.95. The molecule has 0 aliphatic heterocycles. The van der Waals surface area contributed by atoms with Gasteiger partial charge in [0.25, 0.3) is 0 Å². The fourth-order valence-corrected chi connectivity index (χ4v) is 8.76. The molecule has 0 saturated carbocycles. The zero-order chi connectivity index (χ0) is 47.2. The molecule has 10 aromatic carbocycles. The van der Waals surface area contributed by atoms with E-state index in [9.17, 15) is 11.0 Å². The van der Waals surface area contributed by atoms with Gasteiger partial charge in [-0.2, -0.15) is 0 Å². The van der Waals surface area contributed by atoms with Crippen LogP contribution in [0.4, 0.5) is 17.1 Å². The zero-order valence-corrected chi connectivity index (χ0v) is 32.6. The lowest BCUT2D eigenvalue weighted by Crippen LogP contribution is -2.10. The van der Waals surface area contributed by atoms with E-state index in [0.717, 1.165) is 49.4 Å². The zero-order valence-electron chi connectivity index (χ0n) is 40.6. The number of benzene rings is 10. The highest BCUT2D eigenvalue weighted by Gasteiger charge is 2.22. The summed E-state index contributed by atoms with van der Waals surface area (Å²) in [6.07, 6.45) is 0. The lowest BCUT2D eigenvalue weighted by molar-refractivity contribution is 0.672. The van der Waals surface area contributed by atoms with Crippen LogP contribution in [0.15, 0.2) is 235 Å². The number of hydrogen-bond acceptors (Lipinski definition) is 2. The predicted octanol–water partition coefficient (Wildman–Crippen LogP) is 16.3. The second-order valence-electron chi connectivity index (χ2n) is 15.0. The van der Waals surface area contributed by atoms with Crippen LogP contribution in [0, 0.1) is 0 Å². The number of fused-ring (bicyclic) bond motifs is 8. The van der Waals surface area contributed by atoms with Crippen LogP contribution in [0.5, 0.6) is 0 Å². The highest BCUT2D eigenvalue weighted by Crippen LogP contribution is 2.46. The number of anilines is 3. The molecular weight excluding hydrogens is 741 g/mol. The van der Waals surface area contributed by atoms with Crippen LogP contribution in [-0.4, -0.2) is 4.57 Å². The van der Waals surface area contributed by atoms with Gasteiger partial charge in [-0.15, -0.1) is 0 Å². The number of aromatic nitrogens is 1. The molecule has 0 bridgehead atoms. The number of furan rings is 1. The van der Waals surface area contributed by atoms with Gasteiger partial charge in [0.1, 0.15) is 11.2 Å². The molecule has 0 N–H and O–H groups in total. The maximum atomic E-state index is 10.3. The fourth-order valence-electron chi connectivity index (χ4n) is 8.76. The molecule has 0 aliphatic rings. The van der Waals surface area contributed by atoms with Crippen molar-refractivity contribution in [3.63, 3.8) is 0 Å². The largest absolute Gasteiger partial charge is 0.455 e. The lowest BCUT2D eigenvalue weighted by atomic mass is 9.98. The molecule has 12 aromatic rings. The summed E-state index contributed by atoms with van der Waals surface area (Å²) in [5.41, 5.74) is 6.65. The molecule has 3 nitrogen and oxygen atoms in total. The van der Waals surface area contributed by atoms with E-state index in [1.165, 1.54) is 4.90 Å². The van der Waals surface area contributed by atoms with Crippen LogP contribution >= 0.6 is 0 Å². The van der Waals surface area contributed by atoms with Gasteiger partial charge in [0.2, 0.25) is 0 Å². The molecule has 2 heterocycles. The topological polar surface area (TPSA) is 21.3 Å². The van der Waals surface area contributed by atoms with Gasteiger partial charge < -0.3 is 13.9 Å². The van der Waals surface area contributed by atoms with Gasteiger partial charge in [0, 0.05) is 38.6 Å². The summed E-state index contributed by atoms with van der Waals surface area (Å²) in [7, 11) is 0. The van der Waals surface area contributed by atoms with Gasteiger partial charge in [0.05, 0.1) is 33.1 Å². The van der Waals surface area contributed by atoms with Crippen LogP contribution in [0.1, 0.15) is 11.0 Å². The minimum atomic E-state index is -0.486. The Balaban J connectivity index is 1.16. The smallest absolute Gasteiger partial charge is 0.143 e. The van der Waals surface area contributed by atoms with E-state index in [1.807, 2.05) is 158 Å². The van der Waals surface area contributed by atoms with Gasteiger partial charge in [-0.25, -0.2) is 0 Å². The first-order valence-electron chi connectivity index (χ1n) is 24.2. The Bertz CT molecular complexity index is 4030. The van der Waals surface area contributed by atoms with Gasteiger partial charge in [-0.1, -0.05) is 164 Å². The molecule has 12 rings (SSSR count). The quantitative estimate of drug-likeness (QED) is 0.160. The Kier molecular flexibility index (Phi) is 6.45. The maximum absolute atomic E-state index is 10.3. The van der Waals surface area contributed by atoms with E-state index in [-0.39, 0.29) is 46.7 Å². The van der Waals surface area contributed by atoms with E-state index in [2.05, 4.69) is 4.57 Å². The molecule has 0 unspecified atom stereocenters. The van der Waals surface area contributed by atoms with E-state index < -0.39 is 24.2 Å². The normalized spacial score (nSPS) is 13.4. The van der Waals surface area contributed by atoms with Gasteiger partial charge in [-0.3, -0.25) is 0 Å². The number of nitrogens with zero attached hydrogens (tertiary/aromatic N) is 2. The molecule has 0 aliphatic carbocycles. The van der Waals surface area contributed by atoms with Crippen LogP contribution < -0.4 is 4.90 Å². The van der Waals surface area contributed by atoms with E-state index in [0.29, 0.717) is 38.8 Å². The average molecular weight is 787 g/mol. The van der Waals surface area contributed by atoms with Crippen molar-refractivity contribution in [2.75, 3.05) is 4.90 Å². The number of para-hydroxylation sites is 2. The van der Waals surface area contributed by atoms with E-state index in [4.69, 9.17) is 4.42 Å². The Morgan fingerprint density at radius 3 is 1.92 bits per heavy atom. The highest BCUT2D eigenvalue weighted by molar-refractivity contribution is 6.20. The molecule has 61 heavy (non-hydrogen) atoms. The van der Waals surface area contributed by atoms with Crippen molar-refractivity contribution in [3.8, 4) is 39.1 Å². The number of rotatable bonds is 7. The Hall–Kier alpha value is -8.14. The van der Waals surface area contributed by atoms with Crippen LogP contribution in [0.3, 0.4) is 0 Å². The van der Waals surface area contributed by atoms with Crippen LogP contribution in [-0.2, 0) is 0 Å². The minimum absolute atomic E-state index is 0.0816. The second-order valence-corrected chi connectivity index (χ2v) is 15.0. The van der Waals surface area contributed by atoms with Crippen molar-refractivity contribution in [2.45, 2.75) is 0 Å². The first-order chi connectivity index (χ1) is 33.6. The summed E-state index contributed by atoms with van der Waals surface area (Å²) in [5, 5.41) is 4.65. The Morgan fingerprint density at radius 2 is 1.10 bits per heavy atom. The first kappa shape index (κ1) is 27.5. The van der Waals surface area contributed by atoms with Gasteiger partial charge >= 0.3 is 0 Å². The summed E-state index contributed by atoms with van der Waals surface area (Å²) in [4.78, 5) is 1.43. The second kappa shape index (κ2) is 14.3. The van der Waals surface area contributed by atoms with Crippen molar-refractivity contribution in [1.29, 1.82) is 0 Å². The summed E-state index contributed by atoms with van der Waals surface area (Å²) in [5.74, 6) is 0. The summed E-state index contributed by atoms with van der Waals surface area (Å²) >= 11 is 0. The minimum Gasteiger partial charge on any atom is -0.455 e. The van der Waals surface area contributed by atoms with Crippen molar-refractivity contribution < 1.29 is 15.4 Å². The molecule has 286 valence electrons. The van der Waals surface area contributed by atoms with Crippen LogP contribution in [0.25, 0.3) is 93.6 Å².